The summed E-state index contributed by atoms with van der Waals surface area (Å²) in [5.41, 5.74) is 7.15. The maximum absolute atomic E-state index is 7.54. The molecule has 0 atom stereocenters. The summed E-state index contributed by atoms with van der Waals surface area (Å²) in [5, 5.41) is 17.9. The molecule has 1 aromatic heterocycles. The van der Waals surface area contributed by atoms with Crippen LogP contribution in [-0.4, -0.2) is 23.1 Å². The van der Waals surface area contributed by atoms with Crippen molar-refractivity contribution in [3.05, 3.63) is 60.3 Å². The Labute approximate surface area is 122 Å². The molecule has 0 aliphatic carbocycles. The van der Waals surface area contributed by atoms with Crippen molar-refractivity contribution < 1.29 is 0 Å². The zero-order chi connectivity index (χ0) is 14.8. The van der Waals surface area contributed by atoms with Crippen LogP contribution in [-0.2, 0) is 0 Å². The first-order valence-electron chi connectivity index (χ1n) is 6.55. The second kappa shape index (κ2) is 5.20. The molecule has 0 radical (unpaired) electrons. The first kappa shape index (κ1) is 13.1. The lowest BCUT2D eigenvalue weighted by Gasteiger charge is -2.20. The van der Waals surface area contributed by atoms with E-state index in [4.69, 9.17) is 11.1 Å². The fourth-order valence-corrected chi connectivity index (χ4v) is 2.26. The van der Waals surface area contributed by atoms with Gasteiger partial charge < -0.3 is 10.6 Å². The second-order valence-corrected chi connectivity index (χ2v) is 4.78. The summed E-state index contributed by atoms with van der Waals surface area (Å²) < 4.78 is 0. The molecule has 2 aromatic carbocycles. The van der Waals surface area contributed by atoms with Gasteiger partial charge in [-0.05, 0) is 12.1 Å². The largest absolute Gasteiger partial charge is 0.384 e. The molecule has 3 aromatic rings. The number of nitrogens with zero attached hydrogens (tertiary/aromatic N) is 3. The fourth-order valence-electron chi connectivity index (χ4n) is 2.26. The normalized spacial score (nSPS) is 10.5. The first-order chi connectivity index (χ1) is 10.2. The molecule has 0 fully saturated rings. The zero-order valence-corrected chi connectivity index (χ0v) is 11.6. The number of nitrogens with two attached hydrogens (primary N) is 1. The van der Waals surface area contributed by atoms with Crippen LogP contribution in [0.5, 0.6) is 0 Å². The van der Waals surface area contributed by atoms with E-state index >= 15 is 0 Å². The van der Waals surface area contributed by atoms with E-state index in [2.05, 4.69) is 10.2 Å². The minimum absolute atomic E-state index is 0.0502. The quantitative estimate of drug-likeness (QED) is 0.570. The number of anilines is 2. The molecule has 21 heavy (non-hydrogen) atoms. The van der Waals surface area contributed by atoms with Crippen LogP contribution in [0, 0.1) is 5.41 Å². The maximum Gasteiger partial charge on any atom is 0.163 e. The molecule has 0 bridgehead atoms. The molecule has 0 saturated carbocycles. The van der Waals surface area contributed by atoms with Crippen molar-refractivity contribution in [3.8, 4) is 0 Å². The van der Waals surface area contributed by atoms with Crippen LogP contribution in [0.3, 0.4) is 0 Å². The summed E-state index contributed by atoms with van der Waals surface area (Å²) in [6.07, 6.45) is 1.75. The highest BCUT2D eigenvalue weighted by Crippen LogP contribution is 2.28. The Morgan fingerprint density at radius 2 is 1.95 bits per heavy atom. The van der Waals surface area contributed by atoms with Crippen molar-refractivity contribution in [3.63, 3.8) is 0 Å². The first-order valence-corrected chi connectivity index (χ1v) is 6.55. The Morgan fingerprint density at radius 3 is 2.76 bits per heavy atom. The smallest absolute Gasteiger partial charge is 0.163 e. The molecule has 3 N–H and O–H groups in total. The number of rotatable bonds is 3. The Morgan fingerprint density at radius 1 is 1.14 bits per heavy atom. The van der Waals surface area contributed by atoms with Crippen LogP contribution in [0.4, 0.5) is 11.5 Å². The molecule has 5 nitrogen and oxygen atoms in total. The number of hydrogen-bond acceptors (Lipinski definition) is 4. The third kappa shape index (κ3) is 2.41. The second-order valence-electron chi connectivity index (χ2n) is 4.78. The van der Waals surface area contributed by atoms with Gasteiger partial charge in [-0.15, -0.1) is 5.10 Å². The highest BCUT2D eigenvalue weighted by molar-refractivity contribution is 5.97. The van der Waals surface area contributed by atoms with Gasteiger partial charge in [0.2, 0.25) is 0 Å². The monoisotopic (exact) mass is 277 g/mol. The molecular weight excluding hydrogens is 262 g/mol. The van der Waals surface area contributed by atoms with Crippen LogP contribution in [0.1, 0.15) is 5.56 Å². The molecular formula is C16H15N5. The summed E-state index contributed by atoms with van der Waals surface area (Å²) in [7, 11) is 1.93. The van der Waals surface area contributed by atoms with Gasteiger partial charge in [0.25, 0.3) is 0 Å². The Bertz CT molecular complexity index is 807. The number of nitrogens with one attached hydrogen (secondary N) is 1. The van der Waals surface area contributed by atoms with Gasteiger partial charge in [-0.2, -0.15) is 5.10 Å². The lowest BCUT2D eigenvalue weighted by Crippen LogP contribution is -2.15. The van der Waals surface area contributed by atoms with Crippen LogP contribution in [0.2, 0.25) is 0 Å². The lowest BCUT2D eigenvalue weighted by atomic mass is 10.1. The molecule has 0 amide bonds. The van der Waals surface area contributed by atoms with Crippen molar-refractivity contribution in [1.82, 2.24) is 10.2 Å². The minimum Gasteiger partial charge on any atom is -0.384 e. The van der Waals surface area contributed by atoms with Gasteiger partial charge >= 0.3 is 0 Å². The van der Waals surface area contributed by atoms with Gasteiger partial charge in [0.15, 0.2) is 5.82 Å². The summed E-state index contributed by atoms with van der Waals surface area (Å²) in [6.45, 7) is 0. The molecule has 0 aliphatic heterocycles. The van der Waals surface area contributed by atoms with Crippen LogP contribution in [0.25, 0.3) is 10.8 Å². The molecule has 104 valence electrons. The number of aromatic nitrogens is 2. The van der Waals surface area contributed by atoms with E-state index in [1.54, 1.807) is 6.20 Å². The Kier molecular flexibility index (Phi) is 3.23. The van der Waals surface area contributed by atoms with E-state index in [9.17, 15) is 0 Å². The van der Waals surface area contributed by atoms with Gasteiger partial charge in [0, 0.05) is 29.1 Å². The van der Waals surface area contributed by atoms with E-state index in [1.165, 1.54) is 0 Å². The number of amidine groups is 1. The van der Waals surface area contributed by atoms with Crippen molar-refractivity contribution in [2.24, 2.45) is 5.73 Å². The molecule has 0 unspecified atom stereocenters. The maximum atomic E-state index is 7.54. The van der Waals surface area contributed by atoms with E-state index in [0.29, 0.717) is 5.56 Å². The standard InChI is InChI=1S/C16H15N5/c1-21(13-7-4-6-11(9-13)15(17)18)16-14-8-3-2-5-12(14)10-19-20-16/h2-10H,1H3,(H3,17,18). The highest BCUT2D eigenvalue weighted by Gasteiger charge is 2.11. The SMILES string of the molecule is CN(c1cccc(C(=N)N)c1)c1nncc2ccccc12. The highest BCUT2D eigenvalue weighted by atomic mass is 15.2. The van der Waals surface area contributed by atoms with Gasteiger partial charge in [-0.25, -0.2) is 0 Å². The summed E-state index contributed by atoms with van der Waals surface area (Å²) in [4.78, 5) is 1.95. The van der Waals surface area contributed by atoms with Crippen LogP contribution in [0.15, 0.2) is 54.7 Å². The van der Waals surface area contributed by atoms with Crippen LogP contribution >= 0.6 is 0 Å². The molecule has 0 saturated heterocycles. The summed E-state index contributed by atoms with van der Waals surface area (Å²) >= 11 is 0. The van der Waals surface area contributed by atoms with E-state index in [-0.39, 0.29) is 5.84 Å². The third-order valence-electron chi connectivity index (χ3n) is 3.41. The zero-order valence-electron chi connectivity index (χ0n) is 11.6. The van der Waals surface area contributed by atoms with Crippen LogP contribution < -0.4 is 10.6 Å². The van der Waals surface area contributed by atoms with Crippen molar-refractivity contribution >= 4 is 28.1 Å². The summed E-state index contributed by atoms with van der Waals surface area (Å²) in [5.74, 6) is 0.822. The lowest BCUT2D eigenvalue weighted by molar-refractivity contribution is 1.01. The van der Waals surface area contributed by atoms with Gasteiger partial charge in [0.05, 0.1) is 6.20 Å². The molecule has 3 rings (SSSR count). The van der Waals surface area contributed by atoms with E-state index < -0.39 is 0 Å². The molecule has 5 heteroatoms. The molecule has 0 aliphatic rings. The predicted molar refractivity (Wildman–Crippen MR) is 85.1 cm³/mol. The molecule has 0 spiro atoms. The number of nitrogen functional groups attached to an aromatic ring is 1. The predicted octanol–water partition coefficient (Wildman–Crippen LogP) is 2.68. The minimum atomic E-state index is 0.0502. The number of benzene rings is 2. The van der Waals surface area contributed by atoms with Crippen molar-refractivity contribution in [1.29, 1.82) is 5.41 Å². The Hall–Kier alpha value is -2.95. The van der Waals surface area contributed by atoms with Gasteiger partial charge in [-0.3, -0.25) is 5.41 Å². The van der Waals surface area contributed by atoms with Crippen molar-refractivity contribution in [2.75, 3.05) is 11.9 Å². The third-order valence-corrected chi connectivity index (χ3v) is 3.41. The fraction of sp³-hybridized carbons (Fsp3) is 0.0625. The molecule has 1 heterocycles. The topological polar surface area (TPSA) is 78.9 Å². The van der Waals surface area contributed by atoms with Gasteiger partial charge in [0.1, 0.15) is 5.84 Å². The average molecular weight is 277 g/mol. The number of hydrogen-bond donors (Lipinski definition) is 2. The van der Waals surface area contributed by atoms with Gasteiger partial charge in [-0.1, -0.05) is 36.4 Å². The number of fused-ring (bicyclic) bond motifs is 1. The van der Waals surface area contributed by atoms with Crippen molar-refractivity contribution in [2.45, 2.75) is 0 Å². The summed E-state index contributed by atoms with van der Waals surface area (Å²) in [6, 6.07) is 15.5. The average Bonchev–Trinajstić information content (AvgIpc) is 2.53. The van der Waals surface area contributed by atoms with E-state index in [1.807, 2.05) is 60.5 Å². The Balaban J connectivity index is 2.10. The van der Waals surface area contributed by atoms with E-state index in [0.717, 1.165) is 22.3 Å².